The standard InChI is InChI=1S/C21H29N5O2S/c1-2-11-25-12-9-18(10-13-25)24-21(23-16-20-4-3-14-29-20)22-15-17-5-7-19(8-6-17)26(27)28/h3-8,14,18H,2,9-13,15-16H2,1H3,(H2,22,23,24). The lowest BCUT2D eigenvalue weighted by atomic mass is 10.1. The molecule has 0 unspecified atom stereocenters. The summed E-state index contributed by atoms with van der Waals surface area (Å²) < 4.78 is 0. The van der Waals surface area contributed by atoms with Crippen LogP contribution in [0.2, 0.25) is 0 Å². The molecular weight excluding hydrogens is 386 g/mol. The molecule has 1 aromatic carbocycles. The van der Waals surface area contributed by atoms with Gasteiger partial charge in [-0.2, -0.15) is 0 Å². The third-order valence-corrected chi connectivity index (χ3v) is 5.92. The van der Waals surface area contributed by atoms with Crippen LogP contribution in [0.25, 0.3) is 0 Å². The van der Waals surface area contributed by atoms with Gasteiger partial charge < -0.3 is 15.5 Å². The van der Waals surface area contributed by atoms with E-state index in [1.165, 1.54) is 30.0 Å². The van der Waals surface area contributed by atoms with Gasteiger partial charge in [0.1, 0.15) is 0 Å². The Hall–Kier alpha value is -2.45. The van der Waals surface area contributed by atoms with E-state index in [0.717, 1.165) is 44.0 Å². The van der Waals surface area contributed by atoms with E-state index in [-0.39, 0.29) is 10.6 Å². The molecule has 156 valence electrons. The van der Waals surface area contributed by atoms with Gasteiger partial charge in [0, 0.05) is 36.1 Å². The second-order valence-electron chi connectivity index (χ2n) is 7.28. The van der Waals surface area contributed by atoms with E-state index in [2.05, 4.69) is 33.9 Å². The molecule has 2 N–H and O–H groups in total. The van der Waals surface area contributed by atoms with Crippen LogP contribution in [0.1, 0.15) is 36.6 Å². The first kappa shape index (κ1) is 21.3. The number of nitrogens with one attached hydrogen (secondary N) is 2. The largest absolute Gasteiger partial charge is 0.354 e. The van der Waals surface area contributed by atoms with Gasteiger partial charge in [-0.25, -0.2) is 4.99 Å². The first-order valence-corrected chi connectivity index (χ1v) is 11.0. The Morgan fingerprint density at radius 3 is 2.66 bits per heavy atom. The molecule has 2 heterocycles. The molecule has 0 aliphatic carbocycles. The van der Waals surface area contributed by atoms with E-state index in [0.29, 0.717) is 12.6 Å². The smallest absolute Gasteiger partial charge is 0.269 e. The van der Waals surface area contributed by atoms with Crippen LogP contribution in [0.3, 0.4) is 0 Å². The molecular formula is C21H29N5O2S. The average Bonchev–Trinajstić information content (AvgIpc) is 3.25. The minimum absolute atomic E-state index is 0.103. The van der Waals surface area contributed by atoms with Crippen molar-refractivity contribution in [2.45, 2.75) is 45.3 Å². The maximum atomic E-state index is 10.8. The van der Waals surface area contributed by atoms with E-state index >= 15 is 0 Å². The van der Waals surface area contributed by atoms with Gasteiger partial charge in [0.2, 0.25) is 0 Å². The number of guanidine groups is 1. The van der Waals surface area contributed by atoms with Gasteiger partial charge in [-0.3, -0.25) is 10.1 Å². The molecule has 1 saturated heterocycles. The van der Waals surface area contributed by atoms with Crippen molar-refractivity contribution >= 4 is 23.0 Å². The lowest BCUT2D eigenvalue weighted by molar-refractivity contribution is -0.384. The van der Waals surface area contributed by atoms with E-state index in [1.807, 2.05) is 6.07 Å². The normalized spacial score (nSPS) is 16.0. The van der Waals surface area contributed by atoms with Gasteiger partial charge in [-0.05, 0) is 42.8 Å². The van der Waals surface area contributed by atoms with Crippen LogP contribution in [0.4, 0.5) is 5.69 Å². The minimum Gasteiger partial charge on any atom is -0.354 e. The zero-order valence-electron chi connectivity index (χ0n) is 16.8. The number of piperidine rings is 1. The summed E-state index contributed by atoms with van der Waals surface area (Å²) in [6, 6.07) is 11.2. The summed E-state index contributed by atoms with van der Waals surface area (Å²) in [7, 11) is 0. The number of nitrogens with zero attached hydrogens (tertiary/aromatic N) is 3. The first-order chi connectivity index (χ1) is 14.1. The molecule has 0 radical (unpaired) electrons. The van der Waals surface area contributed by atoms with Crippen molar-refractivity contribution in [2.24, 2.45) is 4.99 Å². The highest BCUT2D eigenvalue weighted by molar-refractivity contribution is 7.09. The summed E-state index contributed by atoms with van der Waals surface area (Å²) in [5, 5.41) is 19.9. The Morgan fingerprint density at radius 1 is 1.28 bits per heavy atom. The molecule has 0 atom stereocenters. The van der Waals surface area contributed by atoms with Crippen molar-refractivity contribution in [1.82, 2.24) is 15.5 Å². The fourth-order valence-electron chi connectivity index (χ4n) is 3.44. The third-order valence-electron chi connectivity index (χ3n) is 5.05. The zero-order valence-corrected chi connectivity index (χ0v) is 17.7. The van der Waals surface area contributed by atoms with Crippen LogP contribution < -0.4 is 10.6 Å². The van der Waals surface area contributed by atoms with Gasteiger partial charge in [-0.15, -0.1) is 11.3 Å². The number of thiophene rings is 1. The Bertz CT molecular complexity index is 784. The Morgan fingerprint density at radius 2 is 2.03 bits per heavy atom. The second kappa shape index (κ2) is 10.9. The molecule has 1 aromatic heterocycles. The molecule has 1 aliphatic heterocycles. The second-order valence-corrected chi connectivity index (χ2v) is 8.31. The minimum atomic E-state index is -0.381. The van der Waals surface area contributed by atoms with Gasteiger partial charge >= 0.3 is 0 Å². The molecule has 3 rings (SSSR count). The number of aliphatic imine (C=N–C) groups is 1. The molecule has 7 nitrogen and oxygen atoms in total. The number of hydrogen-bond donors (Lipinski definition) is 2. The van der Waals surface area contributed by atoms with Crippen LogP contribution in [0.15, 0.2) is 46.8 Å². The highest BCUT2D eigenvalue weighted by Crippen LogP contribution is 2.14. The van der Waals surface area contributed by atoms with Crippen LogP contribution in [-0.2, 0) is 13.1 Å². The lowest BCUT2D eigenvalue weighted by Crippen LogP contribution is -2.48. The summed E-state index contributed by atoms with van der Waals surface area (Å²) in [5.41, 5.74) is 1.05. The fraction of sp³-hybridized carbons (Fsp3) is 0.476. The maximum Gasteiger partial charge on any atom is 0.269 e. The van der Waals surface area contributed by atoms with E-state index in [9.17, 15) is 10.1 Å². The van der Waals surface area contributed by atoms with Crippen LogP contribution in [0, 0.1) is 10.1 Å². The molecule has 29 heavy (non-hydrogen) atoms. The van der Waals surface area contributed by atoms with Crippen molar-refractivity contribution < 1.29 is 4.92 Å². The Kier molecular flexibility index (Phi) is 8.01. The van der Waals surface area contributed by atoms with Crippen molar-refractivity contribution in [2.75, 3.05) is 19.6 Å². The van der Waals surface area contributed by atoms with Crippen molar-refractivity contribution in [3.8, 4) is 0 Å². The van der Waals surface area contributed by atoms with Gasteiger partial charge in [0.25, 0.3) is 5.69 Å². The highest BCUT2D eigenvalue weighted by atomic mass is 32.1. The molecule has 0 bridgehead atoms. The number of hydrogen-bond acceptors (Lipinski definition) is 5. The molecule has 0 saturated carbocycles. The summed E-state index contributed by atoms with van der Waals surface area (Å²) in [6.45, 7) is 6.84. The molecule has 0 amide bonds. The number of benzene rings is 1. The number of rotatable bonds is 8. The fourth-order valence-corrected chi connectivity index (χ4v) is 4.09. The molecule has 1 aliphatic rings. The van der Waals surface area contributed by atoms with E-state index < -0.39 is 0 Å². The third kappa shape index (κ3) is 6.83. The predicted molar refractivity (Wildman–Crippen MR) is 118 cm³/mol. The van der Waals surface area contributed by atoms with E-state index in [1.54, 1.807) is 23.5 Å². The van der Waals surface area contributed by atoms with Gasteiger partial charge in [0.05, 0.1) is 18.0 Å². The SMILES string of the molecule is CCCN1CCC(NC(=NCc2ccc([N+](=O)[O-])cc2)NCc2cccs2)CC1. The maximum absolute atomic E-state index is 10.8. The number of nitro benzene ring substituents is 1. The summed E-state index contributed by atoms with van der Waals surface area (Å²) >= 11 is 1.72. The average molecular weight is 416 g/mol. The van der Waals surface area contributed by atoms with Gasteiger partial charge in [-0.1, -0.05) is 25.1 Å². The highest BCUT2D eigenvalue weighted by Gasteiger charge is 2.19. The summed E-state index contributed by atoms with van der Waals surface area (Å²) in [6.07, 6.45) is 3.41. The monoisotopic (exact) mass is 415 g/mol. The molecule has 0 spiro atoms. The Balaban J connectivity index is 1.60. The zero-order chi connectivity index (χ0) is 20.5. The van der Waals surface area contributed by atoms with Gasteiger partial charge in [0.15, 0.2) is 5.96 Å². The number of nitro groups is 1. The number of non-ortho nitro benzene ring substituents is 1. The molecule has 1 fully saturated rings. The first-order valence-electron chi connectivity index (χ1n) is 10.2. The van der Waals surface area contributed by atoms with Crippen LogP contribution >= 0.6 is 11.3 Å². The predicted octanol–water partition coefficient (Wildman–Crippen LogP) is 3.77. The quantitative estimate of drug-likeness (QED) is 0.297. The van der Waals surface area contributed by atoms with Crippen molar-refractivity contribution in [1.29, 1.82) is 0 Å². The van der Waals surface area contributed by atoms with Crippen molar-refractivity contribution in [3.05, 3.63) is 62.3 Å². The van der Waals surface area contributed by atoms with E-state index in [4.69, 9.17) is 4.99 Å². The molecule has 8 heteroatoms. The number of likely N-dealkylation sites (tertiary alicyclic amines) is 1. The molecule has 2 aromatic rings. The van der Waals surface area contributed by atoms with Crippen LogP contribution in [-0.4, -0.2) is 41.5 Å². The Labute approximate surface area is 176 Å². The topological polar surface area (TPSA) is 82.8 Å². The summed E-state index contributed by atoms with van der Waals surface area (Å²) in [5.74, 6) is 0.797. The lowest BCUT2D eigenvalue weighted by Gasteiger charge is -2.32. The van der Waals surface area contributed by atoms with Crippen LogP contribution in [0.5, 0.6) is 0 Å². The van der Waals surface area contributed by atoms with Crippen molar-refractivity contribution in [3.63, 3.8) is 0 Å². The summed E-state index contributed by atoms with van der Waals surface area (Å²) in [4.78, 5) is 18.9.